The van der Waals surface area contributed by atoms with Gasteiger partial charge in [-0.1, -0.05) is 35.0 Å². The lowest BCUT2D eigenvalue weighted by atomic mass is 10.0. The standard InChI is InChI=1S/C14H18BrN3O/c1-3-6-18-14(16-9-17-18)8-13(19)11-5-4-10(2)12(15)7-11/h4-5,7,9,13,19H,3,6,8H2,1-2H3. The van der Waals surface area contributed by atoms with E-state index in [1.807, 2.05) is 29.8 Å². The molecule has 0 fully saturated rings. The summed E-state index contributed by atoms with van der Waals surface area (Å²) in [5.41, 5.74) is 2.05. The van der Waals surface area contributed by atoms with E-state index in [4.69, 9.17) is 0 Å². The van der Waals surface area contributed by atoms with Gasteiger partial charge >= 0.3 is 0 Å². The molecule has 2 rings (SSSR count). The molecule has 0 spiro atoms. The van der Waals surface area contributed by atoms with E-state index in [2.05, 4.69) is 32.9 Å². The van der Waals surface area contributed by atoms with Crippen LogP contribution in [-0.4, -0.2) is 19.9 Å². The Hall–Kier alpha value is -1.20. The summed E-state index contributed by atoms with van der Waals surface area (Å²) in [6.07, 6.45) is 2.47. The number of aliphatic hydroxyl groups excluding tert-OH is 1. The smallest absolute Gasteiger partial charge is 0.138 e. The maximum atomic E-state index is 10.3. The van der Waals surface area contributed by atoms with Gasteiger partial charge in [0.15, 0.2) is 0 Å². The molecule has 0 aliphatic rings. The van der Waals surface area contributed by atoms with E-state index < -0.39 is 6.10 Å². The highest BCUT2D eigenvalue weighted by Gasteiger charge is 2.13. The van der Waals surface area contributed by atoms with Gasteiger partial charge in [0, 0.05) is 17.4 Å². The summed E-state index contributed by atoms with van der Waals surface area (Å²) in [4.78, 5) is 4.22. The van der Waals surface area contributed by atoms with Crippen molar-refractivity contribution in [3.8, 4) is 0 Å². The fourth-order valence-electron chi connectivity index (χ4n) is 1.95. The topological polar surface area (TPSA) is 50.9 Å². The van der Waals surface area contributed by atoms with Crippen LogP contribution in [0, 0.1) is 6.92 Å². The predicted octanol–water partition coefficient (Wildman–Crippen LogP) is 3.04. The number of rotatable bonds is 5. The highest BCUT2D eigenvalue weighted by Crippen LogP contribution is 2.23. The van der Waals surface area contributed by atoms with Gasteiger partial charge in [-0.25, -0.2) is 4.98 Å². The van der Waals surface area contributed by atoms with Gasteiger partial charge in [0.1, 0.15) is 12.2 Å². The SMILES string of the molecule is CCCn1ncnc1CC(O)c1ccc(C)c(Br)c1. The Bertz CT molecular complexity index is 553. The van der Waals surface area contributed by atoms with Crippen molar-refractivity contribution in [1.29, 1.82) is 0 Å². The number of nitrogens with zero attached hydrogens (tertiary/aromatic N) is 3. The maximum Gasteiger partial charge on any atom is 0.138 e. The third kappa shape index (κ3) is 3.42. The van der Waals surface area contributed by atoms with E-state index in [0.717, 1.165) is 34.4 Å². The zero-order valence-corrected chi connectivity index (χ0v) is 12.8. The van der Waals surface area contributed by atoms with Crippen LogP contribution in [0.2, 0.25) is 0 Å². The molecule has 0 saturated carbocycles. The minimum absolute atomic E-state index is 0.482. The van der Waals surface area contributed by atoms with Gasteiger partial charge in [-0.2, -0.15) is 5.10 Å². The van der Waals surface area contributed by atoms with Gasteiger partial charge in [0.25, 0.3) is 0 Å². The Kier molecular flexibility index (Phi) is 4.71. The van der Waals surface area contributed by atoms with E-state index >= 15 is 0 Å². The number of aliphatic hydroxyl groups is 1. The molecule has 2 aromatic rings. The highest BCUT2D eigenvalue weighted by atomic mass is 79.9. The van der Waals surface area contributed by atoms with Crippen LogP contribution in [0.3, 0.4) is 0 Å². The first-order valence-corrected chi connectivity index (χ1v) is 7.22. The van der Waals surface area contributed by atoms with Crippen LogP contribution in [0.25, 0.3) is 0 Å². The van der Waals surface area contributed by atoms with Crippen LogP contribution >= 0.6 is 15.9 Å². The quantitative estimate of drug-likeness (QED) is 0.920. The molecule has 5 heteroatoms. The summed E-state index contributed by atoms with van der Waals surface area (Å²) in [5, 5.41) is 14.5. The summed E-state index contributed by atoms with van der Waals surface area (Å²) in [7, 11) is 0. The first kappa shape index (κ1) is 14.2. The van der Waals surface area contributed by atoms with E-state index in [1.54, 1.807) is 6.33 Å². The number of aryl methyl sites for hydroxylation is 2. The molecule has 0 bridgehead atoms. The second-order valence-electron chi connectivity index (χ2n) is 4.63. The number of halogens is 1. The molecule has 1 heterocycles. The Balaban J connectivity index is 2.13. The average molecular weight is 324 g/mol. The van der Waals surface area contributed by atoms with E-state index in [-0.39, 0.29) is 0 Å². The second kappa shape index (κ2) is 6.30. The number of aromatic nitrogens is 3. The van der Waals surface area contributed by atoms with Crippen molar-refractivity contribution in [2.24, 2.45) is 0 Å². The van der Waals surface area contributed by atoms with Crippen molar-refractivity contribution in [3.63, 3.8) is 0 Å². The van der Waals surface area contributed by atoms with Gasteiger partial charge in [0.05, 0.1) is 6.10 Å². The Labute approximate surface area is 121 Å². The molecule has 4 nitrogen and oxygen atoms in total. The number of hydrogen-bond donors (Lipinski definition) is 1. The molecule has 0 aliphatic carbocycles. The van der Waals surface area contributed by atoms with Crippen molar-refractivity contribution < 1.29 is 5.11 Å². The lowest BCUT2D eigenvalue weighted by Crippen LogP contribution is -2.10. The van der Waals surface area contributed by atoms with Gasteiger partial charge in [-0.05, 0) is 30.5 Å². The van der Waals surface area contributed by atoms with E-state index in [1.165, 1.54) is 0 Å². The first-order valence-electron chi connectivity index (χ1n) is 6.42. The van der Waals surface area contributed by atoms with Crippen LogP contribution in [0.1, 0.15) is 36.4 Å². The van der Waals surface area contributed by atoms with Crippen LogP contribution < -0.4 is 0 Å². The molecular formula is C14H18BrN3O. The Morgan fingerprint density at radius 1 is 1.42 bits per heavy atom. The molecule has 102 valence electrons. The van der Waals surface area contributed by atoms with E-state index in [0.29, 0.717) is 6.42 Å². The normalized spacial score (nSPS) is 12.6. The summed E-state index contributed by atoms with van der Waals surface area (Å²) in [6.45, 7) is 4.96. The molecule has 19 heavy (non-hydrogen) atoms. The largest absolute Gasteiger partial charge is 0.388 e. The third-order valence-electron chi connectivity index (χ3n) is 3.09. The molecule has 0 aliphatic heterocycles. The van der Waals surface area contributed by atoms with Crippen LogP contribution in [0.15, 0.2) is 29.0 Å². The highest BCUT2D eigenvalue weighted by molar-refractivity contribution is 9.10. The van der Waals surface area contributed by atoms with Crippen LogP contribution in [0.4, 0.5) is 0 Å². The Morgan fingerprint density at radius 3 is 2.89 bits per heavy atom. The molecule has 1 aromatic carbocycles. The second-order valence-corrected chi connectivity index (χ2v) is 5.48. The number of benzene rings is 1. The van der Waals surface area contributed by atoms with Crippen molar-refractivity contribution in [2.75, 3.05) is 0 Å². The first-order chi connectivity index (χ1) is 9.11. The zero-order chi connectivity index (χ0) is 13.8. The summed E-state index contributed by atoms with van der Waals surface area (Å²) < 4.78 is 2.87. The fraction of sp³-hybridized carbons (Fsp3) is 0.429. The molecule has 0 radical (unpaired) electrons. The van der Waals surface area contributed by atoms with Gasteiger partial charge in [0.2, 0.25) is 0 Å². The predicted molar refractivity (Wildman–Crippen MR) is 77.9 cm³/mol. The van der Waals surface area contributed by atoms with Crippen LogP contribution in [-0.2, 0) is 13.0 Å². The van der Waals surface area contributed by atoms with Crippen LogP contribution in [0.5, 0.6) is 0 Å². The third-order valence-corrected chi connectivity index (χ3v) is 3.94. The Morgan fingerprint density at radius 2 is 2.21 bits per heavy atom. The molecule has 1 atom stereocenters. The molecular weight excluding hydrogens is 306 g/mol. The summed E-state index contributed by atoms with van der Waals surface area (Å²) >= 11 is 3.49. The minimum atomic E-state index is -0.559. The van der Waals surface area contributed by atoms with Gasteiger partial charge < -0.3 is 5.11 Å². The molecule has 0 amide bonds. The van der Waals surface area contributed by atoms with Crippen molar-refractivity contribution in [3.05, 3.63) is 46.0 Å². The number of hydrogen-bond acceptors (Lipinski definition) is 3. The lowest BCUT2D eigenvalue weighted by molar-refractivity contribution is 0.174. The molecule has 1 aromatic heterocycles. The summed E-state index contributed by atoms with van der Waals surface area (Å²) in [5.74, 6) is 0.825. The summed E-state index contributed by atoms with van der Waals surface area (Å²) in [6, 6.07) is 5.91. The molecule has 1 N–H and O–H groups in total. The maximum absolute atomic E-state index is 10.3. The lowest BCUT2D eigenvalue weighted by Gasteiger charge is -2.12. The zero-order valence-electron chi connectivity index (χ0n) is 11.2. The molecule has 0 saturated heterocycles. The van der Waals surface area contributed by atoms with E-state index in [9.17, 15) is 5.11 Å². The minimum Gasteiger partial charge on any atom is -0.388 e. The monoisotopic (exact) mass is 323 g/mol. The van der Waals surface area contributed by atoms with Gasteiger partial charge in [-0.3, -0.25) is 4.68 Å². The fourth-order valence-corrected chi connectivity index (χ4v) is 2.35. The van der Waals surface area contributed by atoms with Crippen molar-refractivity contribution in [1.82, 2.24) is 14.8 Å². The van der Waals surface area contributed by atoms with Crippen molar-refractivity contribution >= 4 is 15.9 Å². The van der Waals surface area contributed by atoms with Crippen molar-refractivity contribution in [2.45, 2.75) is 39.3 Å². The molecule has 1 unspecified atom stereocenters. The average Bonchev–Trinajstić information content (AvgIpc) is 2.80. The van der Waals surface area contributed by atoms with Gasteiger partial charge in [-0.15, -0.1) is 0 Å².